The van der Waals surface area contributed by atoms with Crippen LogP contribution >= 0.6 is 15.6 Å². The van der Waals surface area contributed by atoms with Crippen LogP contribution in [0.2, 0.25) is 0 Å². The molecule has 0 aliphatic carbocycles. The van der Waals surface area contributed by atoms with Gasteiger partial charge in [-0.15, -0.1) is 0 Å². The van der Waals surface area contributed by atoms with E-state index in [0.29, 0.717) is 38.5 Å². The minimum absolute atomic E-state index is 0.00230. The van der Waals surface area contributed by atoms with E-state index in [2.05, 4.69) is 125 Å². The Morgan fingerprint density at radius 1 is 0.284 bits per heavy atom. The number of carbonyl (C=O) groups is 4. The Morgan fingerprint density at radius 2 is 0.510 bits per heavy atom. The van der Waals surface area contributed by atoms with Crippen LogP contribution in [0.1, 0.15) is 323 Å². The lowest BCUT2D eigenvalue weighted by molar-refractivity contribution is -0.161. The summed E-state index contributed by atoms with van der Waals surface area (Å²) in [4.78, 5) is 72.9. The summed E-state index contributed by atoms with van der Waals surface area (Å²) in [7, 11) is -9.99. The number of allylic oxidation sites excluding steroid dienone is 20. The molecule has 586 valence electrons. The third-order valence-electron chi connectivity index (χ3n) is 16.5. The number of phosphoric ester groups is 2. The second-order valence-corrected chi connectivity index (χ2v) is 29.2. The van der Waals surface area contributed by atoms with Crippen molar-refractivity contribution in [3.63, 3.8) is 0 Å². The standard InChI is InChI=1S/C83H142O17P2/c1-5-9-13-17-21-25-29-33-36-38-41-45-48-52-56-60-64-68-81(86)94-74-79(100-83(88)70-66-62-58-54-50-46-42-39-37-34-30-26-22-18-14-10-6-2)76-98-102(91,92)96-72-77(84)71-95-101(89,90)97-75-78(99-82(87)69-65-61-57-53-49-43-32-28-24-20-16-12-8-4)73-93-80(85)67-63-59-55-51-47-44-40-35-31-27-23-19-15-11-7-3/h9-10,13-14,21-22,25-26,33-34,36-37,41-42,45-46,52,54,56,58,77-79,84H,5-8,11-12,15-20,23-24,27-32,35,38-40,43-44,47-51,53,55,57,59-76H2,1-4H3,(H,89,90)(H,91,92)/b13-9-,14-10-,25-21-,26-22-,36-33-,37-34-,45-41-,46-42-,56-52-,58-54-. The molecule has 0 aliphatic heterocycles. The van der Waals surface area contributed by atoms with Crippen molar-refractivity contribution in [2.24, 2.45) is 0 Å². The predicted molar refractivity (Wildman–Crippen MR) is 418 cm³/mol. The van der Waals surface area contributed by atoms with Crippen molar-refractivity contribution < 1.29 is 80.2 Å². The molecule has 0 spiro atoms. The minimum Gasteiger partial charge on any atom is -0.462 e. The largest absolute Gasteiger partial charge is 0.472 e. The van der Waals surface area contributed by atoms with Gasteiger partial charge in [0.2, 0.25) is 0 Å². The molecule has 19 heteroatoms. The van der Waals surface area contributed by atoms with Gasteiger partial charge in [-0.25, -0.2) is 9.13 Å². The first-order chi connectivity index (χ1) is 49.7. The molecule has 0 radical (unpaired) electrons. The third kappa shape index (κ3) is 73.8. The number of unbranched alkanes of at least 4 members (excludes halogenated alkanes) is 28. The molecule has 0 amide bonds. The van der Waals surface area contributed by atoms with E-state index in [1.165, 1.54) is 122 Å². The first-order valence-electron chi connectivity index (χ1n) is 39.8. The van der Waals surface area contributed by atoms with Crippen LogP contribution in [0.25, 0.3) is 0 Å². The van der Waals surface area contributed by atoms with Crippen molar-refractivity contribution in [1.29, 1.82) is 0 Å². The molecule has 0 aliphatic rings. The summed E-state index contributed by atoms with van der Waals surface area (Å²) in [5.74, 6) is -2.30. The molecule has 0 aromatic heterocycles. The molecule has 0 fully saturated rings. The lowest BCUT2D eigenvalue weighted by Gasteiger charge is -2.21. The van der Waals surface area contributed by atoms with Gasteiger partial charge in [0.05, 0.1) is 26.4 Å². The van der Waals surface area contributed by atoms with Gasteiger partial charge < -0.3 is 33.8 Å². The Morgan fingerprint density at radius 3 is 0.794 bits per heavy atom. The highest BCUT2D eigenvalue weighted by Crippen LogP contribution is 2.45. The Balaban J connectivity index is 5.44. The Bertz CT molecular complexity index is 2410. The van der Waals surface area contributed by atoms with E-state index in [4.69, 9.17) is 37.0 Å². The molecular formula is C83H142O17P2. The lowest BCUT2D eigenvalue weighted by atomic mass is 10.0. The molecule has 0 rings (SSSR count). The van der Waals surface area contributed by atoms with Crippen LogP contribution in [0.15, 0.2) is 122 Å². The average molecular weight is 1470 g/mol. The molecular weight excluding hydrogens is 1330 g/mol. The molecule has 0 saturated heterocycles. The molecule has 0 heterocycles. The van der Waals surface area contributed by atoms with Gasteiger partial charge in [0.15, 0.2) is 12.2 Å². The molecule has 5 unspecified atom stereocenters. The van der Waals surface area contributed by atoms with Crippen LogP contribution in [0.5, 0.6) is 0 Å². The van der Waals surface area contributed by atoms with Crippen molar-refractivity contribution in [3.05, 3.63) is 122 Å². The zero-order valence-corrected chi connectivity index (χ0v) is 65.8. The number of ether oxygens (including phenoxy) is 4. The van der Waals surface area contributed by atoms with E-state index in [1.54, 1.807) is 0 Å². The van der Waals surface area contributed by atoms with Crippen molar-refractivity contribution in [2.75, 3.05) is 39.6 Å². The zero-order chi connectivity index (χ0) is 74.6. The van der Waals surface area contributed by atoms with E-state index >= 15 is 0 Å². The number of esters is 4. The SMILES string of the molecule is CC/C=C\C/C=C\C/C=C\C/C=C\C/C=C\CCCC(=O)OCC(COP(=O)(O)OCC(O)COP(=O)(O)OCC(COC(=O)CCCCCCCCCCCCCCCCC)OC(=O)CCCCCCCCCCCCCCC)OC(=O)CCC/C=C\C/C=C\C/C=C\C/C=C\C/C=C\CC. The van der Waals surface area contributed by atoms with Crippen LogP contribution < -0.4 is 0 Å². The van der Waals surface area contributed by atoms with E-state index < -0.39 is 97.5 Å². The van der Waals surface area contributed by atoms with Crippen molar-refractivity contribution in [1.82, 2.24) is 0 Å². The first kappa shape index (κ1) is 97.5. The van der Waals surface area contributed by atoms with Gasteiger partial charge in [0, 0.05) is 25.7 Å². The summed E-state index contributed by atoms with van der Waals surface area (Å²) in [6.45, 7) is 4.55. The second-order valence-electron chi connectivity index (χ2n) is 26.3. The van der Waals surface area contributed by atoms with Crippen LogP contribution in [-0.4, -0.2) is 96.7 Å². The lowest BCUT2D eigenvalue weighted by Crippen LogP contribution is -2.30. The fourth-order valence-electron chi connectivity index (χ4n) is 10.5. The average Bonchev–Trinajstić information content (AvgIpc) is 0.959. The number of rotatable bonds is 74. The maximum absolute atomic E-state index is 13.1. The maximum atomic E-state index is 13.1. The fraction of sp³-hybridized carbons (Fsp3) is 0.711. The van der Waals surface area contributed by atoms with Gasteiger partial charge in [0.1, 0.15) is 19.3 Å². The second kappa shape index (κ2) is 74.7. The van der Waals surface area contributed by atoms with Gasteiger partial charge in [0.25, 0.3) is 0 Å². The van der Waals surface area contributed by atoms with E-state index in [0.717, 1.165) is 109 Å². The Labute approximate surface area is 619 Å². The summed E-state index contributed by atoms with van der Waals surface area (Å²) in [5.41, 5.74) is 0. The van der Waals surface area contributed by atoms with Crippen LogP contribution in [-0.2, 0) is 65.4 Å². The highest BCUT2D eigenvalue weighted by Gasteiger charge is 2.30. The number of hydrogen-bond acceptors (Lipinski definition) is 15. The molecule has 0 aromatic carbocycles. The Hall–Kier alpha value is -4.54. The van der Waals surface area contributed by atoms with Gasteiger partial charge in [-0.2, -0.15) is 0 Å². The number of aliphatic hydroxyl groups excluding tert-OH is 1. The highest BCUT2D eigenvalue weighted by molar-refractivity contribution is 7.47. The number of carbonyl (C=O) groups excluding carboxylic acids is 4. The normalized spacial score (nSPS) is 14.5. The molecule has 0 bridgehead atoms. The molecule has 17 nitrogen and oxygen atoms in total. The van der Waals surface area contributed by atoms with Gasteiger partial charge in [-0.3, -0.25) is 37.3 Å². The fourth-order valence-corrected chi connectivity index (χ4v) is 12.0. The van der Waals surface area contributed by atoms with Crippen molar-refractivity contribution >= 4 is 39.5 Å². The third-order valence-corrected chi connectivity index (χ3v) is 18.4. The van der Waals surface area contributed by atoms with Crippen LogP contribution in [0.4, 0.5) is 0 Å². The van der Waals surface area contributed by atoms with Gasteiger partial charge in [-0.05, 0) is 103 Å². The van der Waals surface area contributed by atoms with E-state index in [-0.39, 0.29) is 25.7 Å². The predicted octanol–water partition coefficient (Wildman–Crippen LogP) is 23.1. The molecule has 5 atom stereocenters. The van der Waals surface area contributed by atoms with Gasteiger partial charge in [-0.1, -0.05) is 316 Å². The maximum Gasteiger partial charge on any atom is 0.472 e. The molecule has 0 saturated carbocycles. The van der Waals surface area contributed by atoms with Crippen LogP contribution in [0.3, 0.4) is 0 Å². The summed E-state index contributed by atoms with van der Waals surface area (Å²) in [5, 5.41) is 10.6. The van der Waals surface area contributed by atoms with Crippen molar-refractivity contribution in [3.8, 4) is 0 Å². The number of aliphatic hydroxyl groups is 1. The van der Waals surface area contributed by atoms with Crippen LogP contribution in [0, 0.1) is 0 Å². The van der Waals surface area contributed by atoms with Gasteiger partial charge >= 0.3 is 39.5 Å². The summed E-state index contributed by atoms with van der Waals surface area (Å²) in [6.07, 6.45) is 82.0. The molecule has 3 N–H and O–H groups in total. The van der Waals surface area contributed by atoms with Crippen molar-refractivity contribution in [2.45, 2.75) is 341 Å². The monoisotopic (exact) mass is 1470 g/mol. The number of hydrogen-bond donors (Lipinski definition) is 3. The topological polar surface area (TPSA) is 237 Å². The smallest absolute Gasteiger partial charge is 0.462 e. The summed E-state index contributed by atoms with van der Waals surface area (Å²) in [6, 6.07) is 0. The molecule has 102 heavy (non-hydrogen) atoms. The quantitative estimate of drug-likeness (QED) is 0.0169. The zero-order valence-electron chi connectivity index (χ0n) is 64.0. The summed E-state index contributed by atoms with van der Waals surface area (Å²) >= 11 is 0. The van der Waals surface area contributed by atoms with E-state index in [9.17, 15) is 43.2 Å². The minimum atomic E-state index is -5.00. The summed E-state index contributed by atoms with van der Waals surface area (Å²) < 4.78 is 68.5. The number of phosphoric acid groups is 2. The Kier molecular flexibility index (Phi) is 71.4. The van der Waals surface area contributed by atoms with E-state index in [1.807, 2.05) is 24.3 Å². The first-order valence-corrected chi connectivity index (χ1v) is 42.8. The molecule has 0 aromatic rings. The highest BCUT2D eigenvalue weighted by atomic mass is 31.2.